The number of nitrogens with zero attached hydrogens (tertiary/aromatic N) is 1. The lowest BCUT2D eigenvalue weighted by Gasteiger charge is -2.26. The lowest BCUT2D eigenvalue weighted by molar-refractivity contribution is -0.140. The first-order chi connectivity index (χ1) is 17.5. The molecule has 3 aromatic carbocycles. The molecule has 1 saturated heterocycles. The van der Waals surface area contributed by atoms with E-state index in [-0.39, 0.29) is 24.0 Å². The van der Waals surface area contributed by atoms with Gasteiger partial charge in [-0.15, -0.1) is 0 Å². The highest BCUT2D eigenvalue weighted by Crippen LogP contribution is 2.42. The largest absolute Gasteiger partial charge is 0.507 e. The highest BCUT2D eigenvalue weighted by Gasteiger charge is 2.46. The van der Waals surface area contributed by atoms with Crippen LogP contribution in [0, 0.1) is 0 Å². The summed E-state index contributed by atoms with van der Waals surface area (Å²) in [4.78, 5) is 28.2. The molecule has 3 aromatic rings. The van der Waals surface area contributed by atoms with E-state index in [1.54, 1.807) is 6.07 Å². The van der Waals surface area contributed by atoms with Crippen molar-refractivity contribution in [1.29, 1.82) is 0 Å². The maximum atomic E-state index is 13.4. The molecule has 1 N–H and O–H groups in total. The minimum atomic E-state index is -0.751. The Morgan fingerprint density at radius 3 is 2.64 bits per heavy atom. The van der Waals surface area contributed by atoms with Crippen LogP contribution in [0.5, 0.6) is 11.5 Å². The van der Waals surface area contributed by atoms with Gasteiger partial charge in [0.05, 0.1) is 18.2 Å². The molecule has 0 aliphatic carbocycles. The highest BCUT2D eigenvalue weighted by atomic mass is 16.5. The fraction of sp³-hybridized carbons (Fsp3) is 0.267. The lowest BCUT2D eigenvalue weighted by Crippen LogP contribution is -2.29. The number of rotatable bonds is 7. The zero-order chi connectivity index (χ0) is 25.2. The first-order valence-corrected chi connectivity index (χ1v) is 12.3. The molecule has 0 unspecified atom stereocenters. The van der Waals surface area contributed by atoms with Crippen LogP contribution in [0.15, 0.2) is 78.4 Å². The molecule has 6 heteroatoms. The maximum Gasteiger partial charge on any atom is 0.295 e. The van der Waals surface area contributed by atoms with Gasteiger partial charge in [-0.25, -0.2) is 0 Å². The number of aliphatic hydroxyl groups excluding tert-OH is 1. The Morgan fingerprint density at radius 2 is 1.86 bits per heavy atom. The van der Waals surface area contributed by atoms with Gasteiger partial charge < -0.3 is 19.5 Å². The summed E-state index contributed by atoms with van der Waals surface area (Å²) in [5.74, 6) is -0.0813. The first-order valence-electron chi connectivity index (χ1n) is 12.3. The standard InChI is InChI=1S/C30H29NO5/c1-3-14-35-24-11-7-10-21(17-24)27-26(28(32)22-12-13-25-23(16-22)15-19(2)36-25)29(33)30(34)31(27)18-20-8-5-4-6-9-20/h4-13,16-17,19,27,32H,3,14-15,18H2,1-2H3/t19-,27+/m1/s1. The van der Waals surface area contributed by atoms with Gasteiger partial charge in [0, 0.05) is 18.5 Å². The Bertz CT molecular complexity index is 1330. The Labute approximate surface area is 210 Å². The van der Waals surface area contributed by atoms with E-state index in [2.05, 4.69) is 0 Å². The van der Waals surface area contributed by atoms with E-state index in [0.717, 1.165) is 29.7 Å². The second-order valence-corrected chi connectivity index (χ2v) is 9.29. The third-order valence-corrected chi connectivity index (χ3v) is 6.55. The van der Waals surface area contributed by atoms with Crippen molar-refractivity contribution in [2.24, 2.45) is 0 Å². The molecular formula is C30H29NO5. The zero-order valence-corrected chi connectivity index (χ0v) is 20.4. The molecule has 36 heavy (non-hydrogen) atoms. The van der Waals surface area contributed by atoms with Gasteiger partial charge in [-0.1, -0.05) is 49.4 Å². The first kappa shape index (κ1) is 23.7. The Kier molecular flexibility index (Phi) is 6.51. The van der Waals surface area contributed by atoms with Crippen molar-refractivity contribution in [3.8, 4) is 11.5 Å². The molecule has 1 amide bonds. The number of aliphatic hydroxyl groups is 1. The van der Waals surface area contributed by atoms with Crippen molar-refractivity contribution >= 4 is 17.4 Å². The number of ketones is 1. The number of amides is 1. The van der Waals surface area contributed by atoms with Crippen LogP contribution in [-0.2, 0) is 22.6 Å². The minimum Gasteiger partial charge on any atom is -0.507 e. The molecule has 184 valence electrons. The van der Waals surface area contributed by atoms with Crippen LogP contribution in [0.3, 0.4) is 0 Å². The minimum absolute atomic E-state index is 0.0553. The molecule has 0 radical (unpaired) electrons. The summed E-state index contributed by atoms with van der Waals surface area (Å²) >= 11 is 0. The van der Waals surface area contributed by atoms with Crippen LogP contribution in [0.25, 0.3) is 5.76 Å². The van der Waals surface area contributed by atoms with Crippen molar-refractivity contribution in [2.75, 3.05) is 6.61 Å². The number of benzene rings is 3. The molecule has 2 aliphatic rings. The third kappa shape index (κ3) is 4.47. The van der Waals surface area contributed by atoms with E-state index in [0.29, 0.717) is 23.5 Å². The van der Waals surface area contributed by atoms with Crippen LogP contribution in [0.2, 0.25) is 0 Å². The summed E-state index contributed by atoms with van der Waals surface area (Å²) in [5.41, 5.74) is 3.14. The number of Topliss-reactive ketones (excluding diaryl/α,β-unsaturated/α-hetero) is 1. The van der Waals surface area contributed by atoms with Gasteiger partial charge in [-0.05, 0) is 60.4 Å². The smallest absolute Gasteiger partial charge is 0.295 e. The van der Waals surface area contributed by atoms with E-state index in [4.69, 9.17) is 9.47 Å². The number of carbonyl (C=O) groups is 2. The van der Waals surface area contributed by atoms with Gasteiger partial charge in [-0.3, -0.25) is 9.59 Å². The van der Waals surface area contributed by atoms with Crippen LogP contribution in [-0.4, -0.2) is 34.4 Å². The molecule has 2 heterocycles. The molecule has 5 rings (SSSR count). The number of ether oxygens (including phenoxy) is 2. The number of fused-ring (bicyclic) bond motifs is 1. The van der Waals surface area contributed by atoms with Crippen LogP contribution in [0.1, 0.15) is 48.6 Å². The van der Waals surface area contributed by atoms with Crippen LogP contribution >= 0.6 is 0 Å². The van der Waals surface area contributed by atoms with Crippen molar-refractivity contribution in [1.82, 2.24) is 4.90 Å². The van der Waals surface area contributed by atoms with Gasteiger partial charge in [0.15, 0.2) is 0 Å². The fourth-order valence-electron chi connectivity index (χ4n) is 4.89. The topological polar surface area (TPSA) is 76.1 Å². The van der Waals surface area contributed by atoms with E-state index in [9.17, 15) is 14.7 Å². The average Bonchev–Trinajstić information content (AvgIpc) is 3.39. The normalized spacial score (nSPS) is 20.3. The number of hydrogen-bond donors (Lipinski definition) is 1. The van der Waals surface area contributed by atoms with Crippen LogP contribution < -0.4 is 9.47 Å². The second kappa shape index (κ2) is 9.90. The second-order valence-electron chi connectivity index (χ2n) is 9.29. The maximum absolute atomic E-state index is 13.4. The van der Waals surface area contributed by atoms with Gasteiger partial charge >= 0.3 is 0 Å². The molecule has 2 aliphatic heterocycles. The average molecular weight is 484 g/mol. The van der Waals surface area contributed by atoms with E-state index >= 15 is 0 Å². The van der Waals surface area contributed by atoms with Gasteiger partial charge in [-0.2, -0.15) is 0 Å². The Morgan fingerprint density at radius 1 is 1.06 bits per heavy atom. The summed E-state index contributed by atoms with van der Waals surface area (Å²) in [6.07, 6.45) is 1.64. The number of likely N-dealkylation sites (tertiary alicyclic amines) is 1. The Balaban J connectivity index is 1.61. The quantitative estimate of drug-likeness (QED) is 0.276. The monoisotopic (exact) mass is 483 g/mol. The predicted octanol–water partition coefficient (Wildman–Crippen LogP) is 5.42. The number of carbonyl (C=O) groups excluding carboxylic acids is 2. The van der Waals surface area contributed by atoms with E-state index < -0.39 is 17.7 Å². The SMILES string of the molecule is CCCOc1cccc([C@H]2C(=C(O)c3ccc4c(c3)C[C@@H](C)O4)C(=O)C(=O)N2Cc2ccccc2)c1. The molecule has 0 saturated carbocycles. The molecule has 6 nitrogen and oxygen atoms in total. The molecule has 1 fully saturated rings. The van der Waals surface area contributed by atoms with Crippen molar-refractivity contribution in [3.63, 3.8) is 0 Å². The zero-order valence-electron chi connectivity index (χ0n) is 20.4. The molecule has 0 aromatic heterocycles. The molecule has 2 atom stereocenters. The fourth-order valence-corrected chi connectivity index (χ4v) is 4.89. The summed E-state index contributed by atoms with van der Waals surface area (Å²) in [7, 11) is 0. The van der Waals surface area contributed by atoms with Crippen molar-refractivity contribution < 1.29 is 24.2 Å². The van der Waals surface area contributed by atoms with E-state index in [1.165, 1.54) is 4.90 Å². The van der Waals surface area contributed by atoms with Gasteiger partial charge in [0.2, 0.25) is 0 Å². The summed E-state index contributed by atoms with van der Waals surface area (Å²) in [6.45, 7) is 4.81. The summed E-state index contributed by atoms with van der Waals surface area (Å²) in [6, 6.07) is 21.6. The van der Waals surface area contributed by atoms with Crippen molar-refractivity contribution in [3.05, 3.63) is 101 Å². The molecular weight excluding hydrogens is 454 g/mol. The highest BCUT2D eigenvalue weighted by molar-refractivity contribution is 6.46. The summed E-state index contributed by atoms with van der Waals surface area (Å²) in [5, 5.41) is 11.4. The molecule has 0 spiro atoms. The Hall–Kier alpha value is -4.06. The van der Waals surface area contributed by atoms with E-state index in [1.807, 2.05) is 80.6 Å². The third-order valence-electron chi connectivity index (χ3n) is 6.55. The predicted molar refractivity (Wildman–Crippen MR) is 137 cm³/mol. The van der Waals surface area contributed by atoms with Gasteiger partial charge in [0.25, 0.3) is 11.7 Å². The lowest BCUT2D eigenvalue weighted by atomic mass is 9.94. The summed E-state index contributed by atoms with van der Waals surface area (Å²) < 4.78 is 11.6. The number of hydrogen-bond acceptors (Lipinski definition) is 5. The van der Waals surface area contributed by atoms with Gasteiger partial charge in [0.1, 0.15) is 23.4 Å². The van der Waals surface area contributed by atoms with Crippen LogP contribution in [0.4, 0.5) is 0 Å². The van der Waals surface area contributed by atoms with Crippen molar-refractivity contribution in [2.45, 2.75) is 45.4 Å². The molecule has 0 bridgehead atoms.